The zero-order chi connectivity index (χ0) is 25.7. The molecule has 6 atom stereocenters. The quantitative estimate of drug-likeness (QED) is 0.379. The number of hydrogen-bond donors (Lipinski definition) is 1. The summed E-state index contributed by atoms with van der Waals surface area (Å²) in [6.07, 6.45) is -3.79. The molecule has 194 valence electrons. The van der Waals surface area contributed by atoms with Crippen LogP contribution < -0.4 is 5.32 Å². The van der Waals surface area contributed by atoms with Gasteiger partial charge in [-0.05, 0) is 12.1 Å². The molecule has 0 spiro atoms. The maximum atomic E-state index is 12.7. The number of halogens is 3. The van der Waals surface area contributed by atoms with Gasteiger partial charge in [0.2, 0.25) is 3.79 Å². The van der Waals surface area contributed by atoms with Gasteiger partial charge < -0.3 is 29.0 Å². The molecule has 0 saturated carbocycles. The van der Waals surface area contributed by atoms with E-state index in [0.717, 1.165) is 10.5 Å². The van der Waals surface area contributed by atoms with Crippen molar-refractivity contribution in [3.63, 3.8) is 0 Å². The highest BCUT2D eigenvalue weighted by Crippen LogP contribution is 2.40. The number of thioether (sulfide) groups is 1. The van der Waals surface area contributed by atoms with Crippen LogP contribution in [0.2, 0.25) is 0 Å². The van der Waals surface area contributed by atoms with Crippen molar-refractivity contribution < 1.29 is 33.3 Å². The summed E-state index contributed by atoms with van der Waals surface area (Å²) in [7, 11) is 0. The predicted molar refractivity (Wildman–Crippen MR) is 135 cm³/mol. The van der Waals surface area contributed by atoms with Crippen molar-refractivity contribution in [3.8, 4) is 0 Å². The molecule has 2 aliphatic heterocycles. The number of esters is 1. The van der Waals surface area contributed by atoms with Crippen LogP contribution >= 0.6 is 46.6 Å². The minimum absolute atomic E-state index is 0.193. The topological polar surface area (TPSA) is 92.3 Å². The summed E-state index contributed by atoms with van der Waals surface area (Å²) in [5.41, 5.74) is 0.115. The highest BCUT2D eigenvalue weighted by molar-refractivity contribution is 7.99. The van der Waals surface area contributed by atoms with E-state index < -0.39 is 58.5 Å². The molecule has 12 heteroatoms. The Kier molecular flexibility index (Phi) is 9.27. The van der Waals surface area contributed by atoms with Crippen LogP contribution in [0.4, 0.5) is 4.79 Å². The van der Waals surface area contributed by atoms with Gasteiger partial charge >= 0.3 is 12.1 Å². The Morgan fingerprint density at radius 1 is 1.06 bits per heavy atom. The third kappa shape index (κ3) is 7.41. The average Bonchev–Trinajstić information content (AvgIpc) is 2.85. The molecule has 2 aliphatic rings. The molecule has 2 fully saturated rings. The second-order valence-electron chi connectivity index (χ2n) is 8.09. The van der Waals surface area contributed by atoms with Crippen molar-refractivity contribution in [2.75, 3.05) is 13.2 Å². The Morgan fingerprint density at radius 3 is 2.36 bits per heavy atom. The van der Waals surface area contributed by atoms with Crippen LogP contribution in [0.5, 0.6) is 0 Å². The summed E-state index contributed by atoms with van der Waals surface area (Å²) in [5, 5.41) is 2.72. The minimum atomic E-state index is -1.79. The molecule has 0 unspecified atom stereocenters. The van der Waals surface area contributed by atoms with Crippen molar-refractivity contribution in [2.45, 2.75) is 51.7 Å². The first kappa shape index (κ1) is 27.3. The van der Waals surface area contributed by atoms with Crippen LogP contribution in [0.15, 0.2) is 65.6 Å². The second-order valence-corrected chi connectivity index (χ2v) is 11.8. The first-order valence-corrected chi connectivity index (χ1v) is 13.1. The van der Waals surface area contributed by atoms with Gasteiger partial charge in [0.25, 0.3) is 0 Å². The van der Waals surface area contributed by atoms with Gasteiger partial charge in [0.15, 0.2) is 12.4 Å². The van der Waals surface area contributed by atoms with Gasteiger partial charge in [0, 0.05) is 17.4 Å². The van der Waals surface area contributed by atoms with Crippen molar-refractivity contribution in [1.29, 1.82) is 0 Å². The summed E-state index contributed by atoms with van der Waals surface area (Å²) < 4.78 is 27.5. The van der Waals surface area contributed by atoms with Crippen molar-refractivity contribution >= 4 is 58.6 Å². The molecule has 0 radical (unpaired) electrons. The van der Waals surface area contributed by atoms with Gasteiger partial charge in [-0.15, -0.1) is 0 Å². The fourth-order valence-corrected chi connectivity index (χ4v) is 5.21. The number of ether oxygens (including phenoxy) is 5. The molecule has 0 aliphatic carbocycles. The van der Waals surface area contributed by atoms with E-state index in [1.807, 2.05) is 60.7 Å². The number of carbonyl (C=O) groups is 2. The van der Waals surface area contributed by atoms with Gasteiger partial charge in [-0.2, -0.15) is 0 Å². The maximum Gasteiger partial charge on any atom is 0.407 e. The normalized spacial score (nSPS) is 28.0. The van der Waals surface area contributed by atoms with Crippen molar-refractivity contribution in [2.24, 2.45) is 0 Å². The van der Waals surface area contributed by atoms with Gasteiger partial charge in [0.05, 0.1) is 6.61 Å². The Balaban J connectivity index is 1.60. The Labute approximate surface area is 227 Å². The van der Waals surface area contributed by atoms with Crippen LogP contribution in [0.1, 0.15) is 18.8 Å². The summed E-state index contributed by atoms with van der Waals surface area (Å²) in [6.45, 7) is 1.01. The lowest BCUT2D eigenvalue weighted by molar-refractivity contribution is -0.308. The number of alkyl halides is 3. The molecule has 0 aromatic heterocycles. The summed E-state index contributed by atoms with van der Waals surface area (Å²) >= 11 is 18.5. The largest absolute Gasteiger partial charge is 0.457 e. The van der Waals surface area contributed by atoms with E-state index >= 15 is 0 Å². The SMILES string of the molecule is CC(=O)O[C@@H]1[C@@H](NC(=O)OCC(Cl)(Cl)Cl)[C@H](Sc2ccccc2)O[C@@H]2CO[C@@H](c3ccccc3)O[C@@H]12. The minimum Gasteiger partial charge on any atom is -0.457 e. The summed E-state index contributed by atoms with van der Waals surface area (Å²) in [6, 6.07) is 17.9. The van der Waals surface area contributed by atoms with Crippen molar-refractivity contribution in [3.05, 3.63) is 66.2 Å². The highest BCUT2D eigenvalue weighted by atomic mass is 35.6. The second kappa shape index (κ2) is 12.2. The molecule has 4 rings (SSSR count). The average molecular weight is 577 g/mol. The van der Waals surface area contributed by atoms with Gasteiger partial charge in [-0.1, -0.05) is 95.1 Å². The van der Waals surface area contributed by atoms with E-state index in [4.69, 9.17) is 58.5 Å². The number of amides is 1. The fraction of sp³-hybridized carbons (Fsp3) is 0.417. The lowest BCUT2D eigenvalue weighted by Gasteiger charge is -2.48. The van der Waals surface area contributed by atoms with Gasteiger partial charge in [-0.25, -0.2) is 4.79 Å². The third-order valence-corrected chi connectivity index (χ3v) is 6.87. The lowest BCUT2D eigenvalue weighted by atomic mass is 9.96. The molecule has 1 amide bonds. The molecule has 2 aromatic carbocycles. The zero-order valence-electron chi connectivity index (χ0n) is 19.1. The molecule has 8 nitrogen and oxygen atoms in total. The number of carbonyl (C=O) groups excluding carboxylic acids is 2. The van der Waals surface area contributed by atoms with E-state index in [9.17, 15) is 9.59 Å². The van der Waals surface area contributed by atoms with E-state index in [1.165, 1.54) is 18.7 Å². The van der Waals surface area contributed by atoms with Crippen LogP contribution in [-0.2, 0) is 28.5 Å². The number of benzene rings is 2. The molecule has 2 saturated heterocycles. The number of fused-ring (bicyclic) bond motifs is 1. The van der Waals surface area contributed by atoms with E-state index in [1.54, 1.807) is 0 Å². The monoisotopic (exact) mass is 575 g/mol. The first-order valence-electron chi connectivity index (χ1n) is 11.1. The zero-order valence-corrected chi connectivity index (χ0v) is 22.1. The van der Waals surface area contributed by atoms with Crippen molar-refractivity contribution in [1.82, 2.24) is 5.32 Å². The lowest BCUT2D eigenvalue weighted by Crippen LogP contribution is -2.66. The molecule has 0 bridgehead atoms. The smallest absolute Gasteiger partial charge is 0.407 e. The number of nitrogens with one attached hydrogen (secondary N) is 1. The number of hydrogen-bond acceptors (Lipinski definition) is 8. The maximum absolute atomic E-state index is 12.7. The van der Waals surface area contributed by atoms with Gasteiger partial charge in [0.1, 0.15) is 30.3 Å². The standard InChI is InChI=1S/C24H24Cl3NO7S/c1-14(29)33-20-18(28-23(30)32-13-24(25,26)27)22(36-16-10-6-3-7-11-16)34-17-12-31-21(35-19(17)20)15-8-4-2-5-9-15/h2-11,17-22H,12-13H2,1H3,(H,28,30)/t17-,18-,19-,20-,21-,22+/m1/s1. The fourth-order valence-electron chi connectivity index (χ4n) is 3.90. The highest BCUT2D eigenvalue weighted by Gasteiger charge is 2.52. The first-order chi connectivity index (χ1) is 17.2. The number of alkyl carbamates (subject to hydrolysis) is 1. The molecular formula is C24H24Cl3NO7S. The van der Waals surface area contributed by atoms with E-state index in [2.05, 4.69) is 5.32 Å². The Morgan fingerprint density at radius 2 is 1.72 bits per heavy atom. The molecule has 36 heavy (non-hydrogen) atoms. The molecule has 2 aromatic rings. The third-order valence-electron chi connectivity index (χ3n) is 5.36. The molecular weight excluding hydrogens is 553 g/mol. The Hall–Kier alpha value is -1.72. The van der Waals surface area contributed by atoms with Crippen LogP contribution in [-0.4, -0.2) is 58.9 Å². The molecule has 1 N–H and O–H groups in total. The molecule has 2 heterocycles. The van der Waals surface area contributed by atoms with Crippen LogP contribution in [0.25, 0.3) is 0 Å². The van der Waals surface area contributed by atoms with E-state index in [0.29, 0.717) is 0 Å². The predicted octanol–water partition coefficient (Wildman–Crippen LogP) is 5.01. The van der Waals surface area contributed by atoms with Crippen LogP contribution in [0.3, 0.4) is 0 Å². The Bertz CT molecular complexity index is 1030. The summed E-state index contributed by atoms with van der Waals surface area (Å²) in [4.78, 5) is 25.7. The summed E-state index contributed by atoms with van der Waals surface area (Å²) in [5.74, 6) is -0.545. The van der Waals surface area contributed by atoms with Gasteiger partial charge in [-0.3, -0.25) is 4.79 Å². The number of rotatable bonds is 6. The van der Waals surface area contributed by atoms with Crippen LogP contribution in [0, 0.1) is 0 Å². The van der Waals surface area contributed by atoms with E-state index in [-0.39, 0.29) is 6.61 Å².